The van der Waals surface area contributed by atoms with Crippen LogP contribution in [0.4, 0.5) is 5.82 Å². The molecule has 0 spiro atoms. The van der Waals surface area contributed by atoms with Gasteiger partial charge in [-0.15, -0.1) is 0 Å². The van der Waals surface area contributed by atoms with Gasteiger partial charge in [0, 0.05) is 24.6 Å². The van der Waals surface area contributed by atoms with Crippen LogP contribution < -0.4 is 5.32 Å². The van der Waals surface area contributed by atoms with E-state index < -0.39 is 0 Å². The first-order valence-electron chi connectivity index (χ1n) is 7.57. The van der Waals surface area contributed by atoms with Gasteiger partial charge in [-0.2, -0.15) is 0 Å². The maximum atomic E-state index is 12.0. The van der Waals surface area contributed by atoms with E-state index in [9.17, 15) is 4.79 Å². The number of benzene rings is 1. The van der Waals surface area contributed by atoms with E-state index in [1.54, 1.807) is 6.20 Å². The molecule has 23 heavy (non-hydrogen) atoms. The smallest absolute Gasteiger partial charge is 0.225 e. The van der Waals surface area contributed by atoms with Crippen molar-refractivity contribution in [1.29, 1.82) is 0 Å². The van der Waals surface area contributed by atoms with E-state index in [0.29, 0.717) is 18.7 Å². The summed E-state index contributed by atoms with van der Waals surface area (Å²) in [4.78, 5) is 16.1. The number of furan rings is 1. The van der Waals surface area contributed by atoms with Gasteiger partial charge >= 0.3 is 0 Å². The molecule has 1 N–H and O–H groups in total. The molecule has 0 saturated heterocycles. The first-order chi connectivity index (χ1) is 11.2. The van der Waals surface area contributed by atoms with Crippen molar-refractivity contribution in [2.75, 3.05) is 5.32 Å². The van der Waals surface area contributed by atoms with Crippen LogP contribution in [0.15, 0.2) is 65.2 Å². The van der Waals surface area contributed by atoms with Gasteiger partial charge in [0.05, 0.1) is 0 Å². The summed E-state index contributed by atoms with van der Waals surface area (Å²) in [5, 5.41) is 2.80. The summed E-state index contributed by atoms with van der Waals surface area (Å²) >= 11 is 0. The Bertz CT molecular complexity index is 794. The molecule has 4 heteroatoms. The van der Waals surface area contributed by atoms with Crippen LogP contribution in [-0.4, -0.2) is 10.9 Å². The fraction of sp³-hybridized carbons (Fsp3) is 0.158. The number of pyridine rings is 1. The van der Waals surface area contributed by atoms with E-state index >= 15 is 0 Å². The van der Waals surface area contributed by atoms with E-state index in [1.807, 2.05) is 61.5 Å². The van der Waals surface area contributed by atoms with Crippen molar-refractivity contribution < 1.29 is 9.21 Å². The topological polar surface area (TPSA) is 55.1 Å². The minimum absolute atomic E-state index is 0.0687. The number of carbonyl (C=O) groups excluding carboxylic acids is 1. The Hall–Kier alpha value is -2.88. The van der Waals surface area contributed by atoms with Gasteiger partial charge in [-0.25, -0.2) is 4.98 Å². The lowest BCUT2D eigenvalue weighted by atomic mass is 10.2. The Morgan fingerprint density at radius 2 is 1.96 bits per heavy atom. The van der Waals surface area contributed by atoms with Crippen LogP contribution in [0.2, 0.25) is 0 Å². The molecule has 0 unspecified atom stereocenters. The summed E-state index contributed by atoms with van der Waals surface area (Å²) in [6.45, 7) is 1.96. The Balaban J connectivity index is 1.56. The summed E-state index contributed by atoms with van der Waals surface area (Å²) < 4.78 is 5.79. The van der Waals surface area contributed by atoms with Crippen molar-refractivity contribution in [3.63, 3.8) is 0 Å². The second kappa shape index (κ2) is 6.92. The molecular weight excluding hydrogens is 288 g/mol. The number of carbonyl (C=O) groups is 1. The summed E-state index contributed by atoms with van der Waals surface area (Å²) in [5.74, 6) is 2.14. The molecule has 0 fully saturated rings. The third-order valence-corrected chi connectivity index (χ3v) is 3.50. The molecule has 2 aromatic heterocycles. The van der Waals surface area contributed by atoms with Crippen LogP contribution >= 0.6 is 0 Å². The number of anilines is 1. The highest BCUT2D eigenvalue weighted by Crippen LogP contribution is 2.22. The maximum absolute atomic E-state index is 12.0. The van der Waals surface area contributed by atoms with Crippen molar-refractivity contribution in [1.82, 2.24) is 4.98 Å². The van der Waals surface area contributed by atoms with Gasteiger partial charge in [0.25, 0.3) is 0 Å². The molecule has 2 heterocycles. The predicted molar refractivity (Wildman–Crippen MR) is 90.1 cm³/mol. The fourth-order valence-corrected chi connectivity index (χ4v) is 2.32. The highest BCUT2D eigenvalue weighted by atomic mass is 16.3. The van der Waals surface area contributed by atoms with Crippen LogP contribution in [0.1, 0.15) is 17.7 Å². The summed E-state index contributed by atoms with van der Waals surface area (Å²) in [6.07, 6.45) is 2.60. The zero-order valence-electron chi connectivity index (χ0n) is 13.0. The molecule has 0 bridgehead atoms. The molecule has 3 rings (SSSR count). The molecular formula is C19H18N2O2. The lowest BCUT2D eigenvalue weighted by Crippen LogP contribution is -2.13. The first kappa shape index (κ1) is 15.0. The third-order valence-electron chi connectivity index (χ3n) is 3.50. The van der Waals surface area contributed by atoms with Crippen molar-refractivity contribution in [3.05, 3.63) is 72.1 Å². The molecule has 116 valence electrons. The quantitative estimate of drug-likeness (QED) is 0.767. The Morgan fingerprint density at radius 3 is 2.74 bits per heavy atom. The molecule has 0 saturated carbocycles. The number of hydrogen-bond donors (Lipinski definition) is 1. The molecule has 3 aromatic rings. The predicted octanol–water partition coefficient (Wildman–Crippen LogP) is 4.22. The SMILES string of the molecule is Cc1ccnc(NC(=O)CCc2ccc(-c3ccccc3)o2)c1. The molecule has 0 aliphatic heterocycles. The van der Waals surface area contributed by atoms with Crippen molar-refractivity contribution >= 4 is 11.7 Å². The molecule has 0 aliphatic carbocycles. The third kappa shape index (κ3) is 4.07. The highest BCUT2D eigenvalue weighted by molar-refractivity contribution is 5.89. The number of aromatic nitrogens is 1. The van der Waals surface area contributed by atoms with Gasteiger partial charge in [-0.3, -0.25) is 4.79 Å². The van der Waals surface area contributed by atoms with E-state index in [-0.39, 0.29) is 5.91 Å². The van der Waals surface area contributed by atoms with Gasteiger partial charge < -0.3 is 9.73 Å². The maximum Gasteiger partial charge on any atom is 0.225 e. The van der Waals surface area contributed by atoms with Crippen molar-refractivity contribution in [2.24, 2.45) is 0 Å². The Morgan fingerprint density at radius 1 is 1.13 bits per heavy atom. The van der Waals surface area contributed by atoms with Crippen molar-refractivity contribution in [2.45, 2.75) is 19.8 Å². The molecule has 0 atom stereocenters. The average molecular weight is 306 g/mol. The summed E-state index contributed by atoms with van der Waals surface area (Å²) in [7, 11) is 0. The Labute approximate surface area is 135 Å². The second-order valence-electron chi connectivity index (χ2n) is 5.40. The lowest BCUT2D eigenvalue weighted by Gasteiger charge is -2.04. The number of rotatable bonds is 5. The number of nitrogens with zero attached hydrogens (tertiary/aromatic N) is 1. The zero-order chi connectivity index (χ0) is 16.1. The number of hydrogen-bond acceptors (Lipinski definition) is 3. The molecule has 0 aliphatic rings. The summed E-state index contributed by atoms with van der Waals surface area (Å²) in [6, 6.07) is 17.5. The van der Waals surface area contributed by atoms with E-state index in [4.69, 9.17) is 4.42 Å². The van der Waals surface area contributed by atoms with E-state index in [1.165, 1.54) is 0 Å². The fourth-order valence-electron chi connectivity index (χ4n) is 2.32. The number of nitrogens with one attached hydrogen (secondary N) is 1. The Kier molecular flexibility index (Phi) is 4.52. The van der Waals surface area contributed by atoms with Gasteiger partial charge in [-0.05, 0) is 36.8 Å². The lowest BCUT2D eigenvalue weighted by molar-refractivity contribution is -0.116. The molecule has 4 nitrogen and oxygen atoms in total. The largest absolute Gasteiger partial charge is 0.461 e. The van der Waals surface area contributed by atoms with Crippen LogP contribution in [0.3, 0.4) is 0 Å². The van der Waals surface area contributed by atoms with Gasteiger partial charge in [-0.1, -0.05) is 30.3 Å². The number of aryl methyl sites for hydroxylation is 2. The van der Waals surface area contributed by atoms with E-state index in [0.717, 1.165) is 22.6 Å². The molecule has 1 aromatic carbocycles. The second-order valence-corrected chi connectivity index (χ2v) is 5.40. The van der Waals surface area contributed by atoms with Crippen LogP contribution in [0.25, 0.3) is 11.3 Å². The zero-order valence-corrected chi connectivity index (χ0v) is 13.0. The normalized spacial score (nSPS) is 10.5. The molecule has 1 amide bonds. The monoisotopic (exact) mass is 306 g/mol. The minimum atomic E-state index is -0.0687. The van der Waals surface area contributed by atoms with Crippen molar-refractivity contribution in [3.8, 4) is 11.3 Å². The van der Waals surface area contributed by atoms with Gasteiger partial charge in [0.2, 0.25) is 5.91 Å². The number of amides is 1. The van der Waals surface area contributed by atoms with Crippen LogP contribution in [0, 0.1) is 6.92 Å². The summed E-state index contributed by atoms with van der Waals surface area (Å²) in [5.41, 5.74) is 2.10. The average Bonchev–Trinajstić information content (AvgIpc) is 3.03. The molecule has 0 radical (unpaired) electrons. The van der Waals surface area contributed by atoms with Crippen LogP contribution in [0.5, 0.6) is 0 Å². The first-order valence-corrected chi connectivity index (χ1v) is 7.57. The minimum Gasteiger partial charge on any atom is -0.461 e. The van der Waals surface area contributed by atoms with Crippen LogP contribution in [-0.2, 0) is 11.2 Å². The van der Waals surface area contributed by atoms with E-state index in [2.05, 4.69) is 10.3 Å². The highest BCUT2D eigenvalue weighted by Gasteiger charge is 2.08. The standard InChI is InChI=1S/C19H18N2O2/c1-14-11-12-20-18(13-14)21-19(22)10-8-16-7-9-17(23-16)15-5-3-2-4-6-15/h2-7,9,11-13H,8,10H2,1H3,(H,20,21,22). The van der Waals surface area contributed by atoms with Gasteiger partial charge in [0.15, 0.2) is 0 Å². The van der Waals surface area contributed by atoms with Gasteiger partial charge in [0.1, 0.15) is 17.3 Å².